The first-order valence-electron chi connectivity index (χ1n) is 8.79. The van der Waals surface area contributed by atoms with Crippen molar-refractivity contribution in [1.29, 1.82) is 0 Å². The van der Waals surface area contributed by atoms with Crippen molar-refractivity contribution in [2.24, 2.45) is 0 Å². The highest BCUT2D eigenvalue weighted by Gasteiger charge is 2.30. The van der Waals surface area contributed by atoms with E-state index in [-0.39, 0.29) is 11.9 Å². The smallest absolute Gasteiger partial charge is 0.255 e. The number of pyridine rings is 1. The third-order valence-electron chi connectivity index (χ3n) is 4.77. The van der Waals surface area contributed by atoms with Gasteiger partial charge in [0, 0.05) is 31.1 Å². The van der Waals surface area contributed by atoms with Gasteiger partial charge in [-0.05, 0) is 38.3 Å². The van der Waals surface area contributed by atoms with E-state index in [0.29, 0.717) is 11.4 Å². The molecule has 0 spiro atoms. The number of aryl methyl sites for hydroxylation is 1. The maximum Gasteiger partial charge on any atom is 0.255 e. The molecule has 1 saturated heterocycles. The summed E-state index contributed by atoms with van der Waals surface area (Å²) in [5.41, 5.74) is 3.21. The molecule has 0 saturated carbocycles. The second kappa shape index (κ2) is 6.74. The van der Waals surface area contributed by atoms with E-state index in [9.17, 15) is 4.79 Å². The van der Waals surface area contributed by atoms with E-state index < -0.39 is 0 Å². The second-order valence-corrected chi connectivity index (χ2v) is 6.54. The molecule has 7 heteroatoms. The van der Waals surface area contributed by atoms with Crippen molar-refractivity contribution in [2.45, 2.75) is 32.2 Å². The van der Waals surface area contributed by atoms with E-state index in [1.165, 1.54) is 0 Å². The van der Waals surface area contributed by atoms with Gasteiger partial charge in [-0.2, -0.15) is 5.10 Å². The fraction of sp³-hybridized carbons (Fsp3) is 0.368. The van der Waals surface area contributed by atoms with E-state index in [0.717, 1.165) is 42.8 Å². The van der Waals surface area contributed by atoms with Crippen LogP contribution in [-0.4, -0.2) is 44.0 Å². The lowest BCUT2D eigenvalue weighted by Gasteiger charge is -2.35. The van der Waals surface area contributed by atoms with Gasteiger partial charge in [0.25, 0.3) is 5.91 Å². The Morgan fingerprint density at radius 3 is 2.92 bits per heavy atom. The van der Waals surface area contributed by atoms with Crippen molar-refractivity contribution >= 4 is 11.6 Å². The van der Waals surface area contributed by atoms with Gasteiger partial charge in [0.15, 0.2) is 5.65 Å². The third-order valence-corrected chi connectivity index (χ3v) is 4.77. The highest BCUT2D eigenvalue weighted by atomic mass is 16.5. The van der Waals surface area contributed by atoms with Crippen LogP contribution >= 0.6 is 0 Å². The Balaban J connectivity index is 1.65. The van der Waals surface area contributed by atoms with Crippen molar-refractivity contribution in [3.05, 3.63) is 53.6 Å². The lowest BCUT2D eigenvalue weighted by Crippen LogP contribution is -2.39. The normalized spacial score (nSPS) is 17.5. The number of fused-ring (bicyclic) bond motifs is 1. The summed E-state index contributed by atoms with van der Waals surface area (Å²) in [4.78, 5) is 23.9. The molecule has 0 N–H and O–H groups in total. The molecule has 0 aliphatic carbocycles. The SMILES string of the molecule is COc1ccc(C(=O)N2CCCC[C@@H]2c2ccn3nc(C)cc3n2)cn1. The first-order chi connectivity index (χ1) is 12.7. The topological polar surface area (TPSA) is 72.6 Å². The van der Waals surface area contributed by atoms with Crippen molar-refractivity contribution in [2.75, 3.05) is 13.7 Å². The highest BCUT2D eigenvalue weighted by Crippen LogP contribution is 2.31. The minimum atomic E-state index is -0.0291. The largest absolute Gasteiger partial charge is 0.481 e. The Labute approximate surface area is 151 Å². The van der Waals surface area contributed by atoms with Gasteiger partial charge in [0.2, 0.25) is 5.88 Å². The van der Waals surface area contributed by atoms with Gasteiger partial charge >= 0.3 is 0 Å². The van der Waals surface area contributed by atoms with Crippen LogP contribution in [0, 0.1) is 6.92 Å². The van der Waals surface area contributed by atoms with Crippen molar-refractivity contribution < 1.29 is 9.53 Å². The molecule has 4 heterocycles. The second-order valence-electron chi connectivity index (χ2n) is 6.54. The molecule has 0 radical (unpaired) electrons. The number of aromatic nitrogens is 4. The Morgan fingerprint density at radius 2 is 2.15 bits per heavy atom. The van der Waals surface area contributed by atoms with Gasteiger partial charge in [-0.3, -0.25) is 4.79 Å². The average molecular weight is 351 g/mol. The summed E-state index contributed by atoms with van der Waals surface area (Å²) in [5, 5.41) is 4.37. The predicted octanol–water partition coefficient (Wildman–Crippen LogP) is 2.81. The van der Waals surface area contributed by atoms with Gasteiger partial charge in [0.05, 0.1) is 30.1 Å². The fourth-order valence-electron chi connectivity index (χ4n) is 3.47. The minimum absolute atomic E-state index is 0.0174. The number of hydrogen-bond donors (Lipinski definition) is 0. The first-order valence-corrected chi connectivity index (χ1v) is 8.79. The number of piperidine rings is 1. The molecule has 1 amide bonds. The Hall–Kier alpha value is -2.96. The number of methoxy groups -OCH3 is 1. The molecule has 3 aromatic rings. The molecule has 0 bridgehead atoms. The molecule has 1 atom stereocenters. The molecule has 3 aromatic heterocycles. The van der Waals surface area contributed by atoms with Crippen LogP contribution in [-0.2, 0) is 0 Å². The number of nitrogens with zero attached hydrogens (tertiary/aromatic N) is 5. The first kappa shape index (κ1) is 16.5. The predicted molar refractivity (Wildman–Crippen MR) is 96.1 cm³/mol. The molecule has 0 aromatic carbocycles. The fourth-order valence-corrected chi connectivity index (χ4v) is 3.47. The lowest BCUT2D eigenvalue weighted by molar-refractivity contribution is 0.0605. The van der Waals surface area contributed by atoms with Gasteiger partial charge in [-0.15, -0.1) is 0 Å². The van der Waals surface area contributed by atoms with Gasteiger partial charge in [0.1, 0.15) is 0 Å². The molecule has 134 valence electrons. The number of hydrogen-bond acceptors (Lipinski definition) is 5. The summed E-state index contributed by atoms with van der Waals surface area (Å²) < 4.78 is 6.84. The van der Waals surface area contributed by atoms with E-state index in [4.69, 9.17) is 9.72 Å². The van der Waals surface area contributed by atoms with E-state index in [1.807, 2.05) is 30.2 Å². The van der Waals surface area contributed by atoms with Crippen LogP contribution in [0.2, 0.25) is 0 Å². The Bertz CT molecular complexity index is 935. The summed E-state index contributed by atoms with van der Waals surface area (Å²) >= 11 is 0. The Kier molecular flexibility index (Phi) is 4.28. The zero-order valence-electron chi connectivity index (χ0n) is 14.9. The molecule has 4 rings (SSSR count). The van der Waals surface area contributed by atoms with Crippen LogP contribution < -0.4 is 4.74 Å². The van der Waals surface area contributed by atoms with E-state index in [1.54, 1.807) is 30.0 Å². The summed E-state index contributed by atoms with van der Waals surface area (Å²) in [6.07, 6.45) is 6.48. The molecular weight excluding hydrogens is 330 g/mol. The summed E-state index contributed by atoms with van der Waals surface area (Å²) in [6, 6.07) is 7.36. The van der Waals surface area contributed by atoms with E-state index >= 15 is 0 Å². The van der Waals surface area contributed by atoms with Crippen LogP contribution in [0.5, 0.6) is 5.88 Å². The van der Waals surface area contributed by atoms with Crippen molar-refractivity contribution in [1.82, 2.24) is 24.5 Å². The monoisotopic (exact) mass is 351 g/mol. The van der Waals surface area contributed by atoms with Gasteiger partial charge in [-0.1, -0.05) is 0 Å². The minimum Gasteiger partial charge on any atom is -0.481 e. The third kappa shape index (κ3) is 3.00. The van der Waals surface area contributed by atoms with Crippen LogP contribution in [0.1, 0.15) is 47.1 Å². The van der Waals surface area contributed by atoms with Crippen molar-refractivity contribution in [3.63, 3.8) is 0 Å². The summed E-state index contributed by atoms with van der Waals surface area (Å²) in [6.45, 7) is 2.67. The average Bonchev–Trinajstić information content (AvgIpc) is 3.06. The number of carbonyl (C=O) groups excluding carboxylic acids is 1. The van der Waals surface area contributed by atoms with Gasteiger partial charge in [-0.25, -0.2) is 14.5 Å². The molecular formula is C19H21N5O2. The maximum absolute atomic E-state index is 13.1. The summed E-state index contributed by atoms with van der Waals surface area (Å²) in [7, 11) is 1.56. The quantitative estimate of drug-likeness (QED) is 0.725. The van der Waals surface area contributed by atoms with Crippen LogP contribution in [0.3, 0.4) is 0 Å². The number of likely N-dealkylation sites (tertiary alicyclic amines) is 1. The van der Waals surface area contributed by atoms with Crippen LogP contribution in [0.4, 0.5) is 0 Å². The summed E-state index contributed by atoms with van der Waals surface area (Å²) in [5.74, 6) is 0.483. The highest BCUT2D eigenvalue weighted by molar-refractivity contribution is 5.94. The lowest BCUT2D eigenvalue weighted by atomic mass is 9.98. The molecule has 0 unspecified atom stereocenters. The zero-order chi connectivity index (χ0) is 18.1. The van der Waals surface area contributed by atoms with Crippen LogP contribution in [0.15, 0.2) is 36.7 Å². The molecule has 1 aliphatic rings. The number of rotatable bonds is 3. The van der Waals surface area contributed by atoms with Crippen molar-refractivity contribution in [3.8, 4) is 5.88 Å². The molecule has 26 heavy (non-hydrogen) atoms. The number of amides is 1. The molecule has 1 fully saturated rings. The number of carbonyl (C=O) groups is 1. The zero-order valence-corrected chi connectivity index (χ0v) is 14.9. The standard InChI is InChI=1S/C19H21N5O2/c1-13-11-17-21-15(8-10-24(17)22-13)16-5-3-4-9-23(16)19(25)14-6-7-18(26-2)20-12-14/h6-8,10-12,16H,3-5,9H2,1-2H3/t16-/m1/s1. The van der Waals surface area contributed by atoms with E-state index in [2.05, 4.69) is 10.1 Å². The van der Waals surface area contributed by atoms with Crippen LogP contribution in [0.25, 0.3) is 5.65 Å². The maximum atomic E-state index is 13.1. The molecule has 1 aliphatic heterocycles. The Morgan fingerprint density at radius 1 is 1.27 bits per heavy atom. The number of ether oxygens (including phenoxy) is 1. The molecule has 7 nitrogen and oxygen atoms in total. The van der Waals surface area contributed by atoms with Gasteiger partial charge < -0.3 is 9.64 Å².